The second kappa shape index (κ2) is 7.70. The minimum atomic E-state index is -4.76. The quantitative estimate of drug-likeness (QED) is 0.462. The first kappa shape index (κ1) is 21.7. The number of hydrogen-bond donors (Lipinski definition) is 1. The van der Waals surface area contributed by atoms with Gasteiger partial charge in [0.2, 0.25) is 15.9 Å². The zero-order valence-electron chi connectivity index (χ0n) is 14.8. The number of fused-ring (bicyclic) bond motifs is 1. The minimum absolute atomic E-state index is 0.0764. The van der Waals surface area contributed by atoms with Crippen molar-refractivity contribution in [2.75, 3.05) is 0 Å². The Labute approximate surface area is 167 Å². The molecule has 0 radical (unpaired) electrons. The lowest BCUT2D eigenvalue weighted by atomic mass is 10.1. The van der Waals surface area contributed by atoms with E-state index in [0.717, 1.165) is 23.6 Å². The number of alkyl halides is 6. The average Bonchev–Trinajstić information content (AvgIpc) is 3.17. The van der Waals surface area contributed by atoms with Crippen LogP contribution in [0.25, 0.3) is 22.3 Å². The molecule has 2 heterocycles. The number of carbonyl (C=O) groups is 1. The Bertz CT molecular complexity index is 1110. The van der Waals surface area contributed by atoms with E-state index in [4.69, 9.17) is 0 Å². The number of carbonyl (C=O) groups excluding carboxylic acids is 1. The Balaban J connectivity index is 2.06. The minimum Gasteiger partial charge on any atom is -0.341 e. The Morgan fingerprint density at radius 1 is 1.20 bits per heavy atom. The van der Waals surface area contributed by atoms with Gasteiger partial charge in [0.25, 0.3) is 0 Å². The van der Waals surface area contributed by atoms with Gasteiger partial charge in [0, 0.05) is 11.6 Å². The molecular formula is C17H11F7N4OS. The van der Waals surface area contributed by atoms with Crippen LogP contribution in [0.3, 0.4) is 0 Å². The maximum absolute atomic E-state index is 14.2. The van der Waals surface area contributed by atoms with E-state index >= 15 is 0 Å². The van der Waals surface area contributed by atoms with Crippen LogP contribution in [0.4, 0.5) is 30.7 Å². The SMILES string of the molecule is CC(NC(=O)C=Cc1c(-c2ccccc2F)nc2sc(C(F)(F)F)nn12)C(F)(F)F. The largest absolute Gasteiger partial charge is 0.445 e. The van der Waals surface area contributed by atoms with Crippen LogP contribution in [0.2, 0.25) is 0 Å². The van der Waals surface area contributed by atoms with Gasteiger partial charge in [-0.3, -0.25) is 4.79 Å². The van der Waals surface area contributed by atoms with E-state index in [2.05, 4.69) is 10.1 Å². The van der Waals surface area contributed by atoms with Gasteiger partial charge in [0.05, 0.1) is 5.69 Å². The van der Waals surface area contributed by atoms with Gasteiger partial charge in [-0.2, -0.15) is 26.3 Å². The van der Waals surface area contributed by atoms with Crippen molar-refractivity contribution in [3.05, 3.63) is 46.9 Å². The molecule has 0 aliphatic heterocycles. The summed E-state index contributed by atoms with van der Waals surface area (Å²) in [4.78, 5) is 15.6. The molecule has 0 bridgehead atoms. The molecule has 0 fully saturated rings. The fourth-order valence-corrected chi connectivity index (χ4v) is 3.15. The van der Waals surface area contributed by atoms with Crippen molar-refractivity contribution in [2.45, 2.75) is 25.3 Å². The van der Waals surface area contributed by atoms with E-state index in [9.17, 15) is 35.5 Å². The highest BCUT2D eigenvalue weighted by atomic mass is 32.1. The Morgan fingerprint density at radius 3 is 2.47 bits per heavy atom. The molecule has 30 heavy (non-hydrogen) atoms. The lowest BCUT2D eigenvalue weighted by Gasteiger charge is -2.15. The molecule has 3 aromatic rings. The molecule has 13 heteroatoms. The fraction of sp³-hybridized carbons (Fsp3) is 0.235. The van der Waals surface area contributed by atoms with Crippen molar-refractivity contribution in [3.8, 4) is 11.3 Å². The molecule has 3 rings (SSSR count). The molecule has 1 N–H and O–H groups in total. The van der Waals surface area contributed by atoms with E-state index in [1.807, 2.05) is 0 Å². The average molecular weight is 452 g/mol. The third-order valence-electron chi connectivity index (χ3n) is 3.85. The van der Waals surface area contributed by atoms with Crippen molar-refractivity contribution < 1.29 is 35.5 Å². The number of imidazole rings is 1. The Kier molecular flexibility index (Phi) is 5.58. The topological polar surface area (TPSA) is 59.3 Å². The second-order valence-electron chi connectivity index (χ2n) is 6.03. The van der Waals surface area contributed by atoms with Gasteiger partial charge in [-0.15, -0.1) is 5.10 Å². The van der Waals surface area contributed by atoms with E-state index in [1.165, 1.54) is 18.2 Å². The summed E-state index contributed by atoms with van der Waals surface area (Å²) in [5.74, 6) is -1.88. The highest BCUT2D eigenvalue weighted by Gasteiger charge is 2.37. The highest BCUT2D eigenvalue weighted by Crippen LogP contribution is 2.35. The van der Waals surface area contributed by atoms with Crippen LogP contribution in [0, 0.1) is 5.82 Å². The summed E-state index contributed by atoms with van der Waals surface area (Å²) in [6, 6.07) is 3.12. The van der Waals surface area contributed by atoms with E-state index < -0.39 is 35.1 Å². The fourth-order valence-electron chi connectivity index (χ4n) is 2.38. The third kappa shape index (κ3) is 4.45. The molecule has 1 atom stereocenters. The van der Waals surface area contributed by atoms with Crippen LogP contribution in [0.1, 0.15) is 17.6 Å². The summed E-state index contributed by atoms with van der Waals surface area (Å²) in [7, 11) is 0. The number of rotatable bonds is 4. The van der Waals surface area contributed by atoms with Gasteiger partial charge in [0.1, 0.15) is 17.6 Å². The number of halogens is 7. The van der Waals surface area contributed by atoms with Crippen LogP contribution in [-0.4, -0.2) is 32.7 Å². The van der Waals surface area contributed by atoms with Crippen LogP contribution in [-0.2, 0) is 11.0 Å². The molecule has 0 spiro atoms. The van der Waals surface area contributed by atoms with Crippen molar-refractivity contribution in [2.24, 2.45) is 0 Å². The second-order valence-corrected chi connectivity index (χ2v) is 6.99. The molecule has 0 saturated heterocycles. The van der Waals surface area contributed by atoms with E-state index in [1.54, 1.807) is 5.32 Å². The van der Waals surface area contributed by atoms with E-state index in [-0.39, 0.29) is 33.2 Å². The van der Waals surface area contributed by atoms with Gasteiger partial charge in [-0.05, 0) is 25.1 Å². The first-order valence-electron chi connectivity index (χ1n) is 8.15. The summed E-state index contributed by atoms with van der Waals surface area (Å²) in [6.45, 7) is 0.726. The van der Waals surface area contributed by atoms with Gasteiger partial charge in [0.15, 0.2) is 0 Å². The summed E-state index contributed by atoms with van der Waals surface area (Å²) in [5, 5.41) is 3.85. The summed E-state index contributed by atoms with van der Waals surface area (Å²) in [5.41, 5.74) is -0.391. The molecule has 0 aliphatic carbocycles. The normalized spacial score (nSPS) is 13.9. The summed E-state index contributed by atoms with van der Waals surface area (Å²) >= 11 is 0.198. The standard InChI is InChI=1S/C17H11F7N4OS/c1-8(16(19,20)21)25-12(29)7-6-11-13(9-4-2-3-5-10(9)18)26-15-28(11)27-14(30-15)17(22,23)24/h2-8H,1H3,(H,25,29). The first-order chi connectivity index (χ1) is 13.9. The zero-order chi connectivity index (χ0) is 22.3. The molecule has 1 amide bonds. The number of amides is 1. The number of nitrogens with one attached hydrogen (secondary N) is 1. The number of nitrogens with zero attached hydrogens (tertiary/aromatic N) is 3. The van der Waals surface area contributed by atoms with E-state index in [0.29, 0.717) is 6.08 Å². The van der Waals surface area contributed by atoms with Gasteiger partial charge in [-0.1, -0.05) is 23.5 Å². The molecule has 1 unspecified atom stereocenters. The molecule has 0 aliphatic rings. The van der Waals surface area contributed by atoms with Crippen molar-refractivity contribution in [3.63, 3.8) is 0 Å². The van der Waals surface area contributed by atoms with Crippen LogP contribution < -0.4 is 5.32 Å². The predicted octanol–water partition coefficient (Wildman–Crippen LogP) is 4.70. The lowest BCUT2D eigenvalue weighted by Crippen LogP contribution is -2.42. The van der Waals surface area contributed by atoms with Crippen molar-refractivity contribution in [1.29, 1.82) is 0 Å². The highest BCUT2D eigenvalue weighted by molar-refractivity contribution is 7.16. The Morgan fingerprint density at radius 2 is 1.87 bits per heavy atom. The molecule has 0 saturated carbocycles. The molecule has 5 nitrogen and oxygen atoms in total. The number of aromatic nitrogens is 3. The maximum atomic E-state index is 14.2. The predicted molar refractivity (Wildman–Crippen MR) is 94.0 cm³/mol. The van der Waals surface area contributed by atoms with Crippen LogP contribution >= 0.6 is 11.3 Å². The summed E-state index contributed by atoms with van der Waals surface area (Å²) in [6.07, 6.45) is -7.82. The molecular weight excluding hydrogens is 441 g/mol. The smallest absolute Gasteiger partial charge is 0.341 e. The first-order valence-corrected chi connectivity index (χ1v) is 8.96. The molecule has 1 aromatic carbocycles. The zero-order valence-corrected chi connectivity index (χ0v) is 15.7. The van der Waals surface area contributed by atoms with Crippen molar-refractivity contribution >= 4 is 28.3 Å². The van der Waals surface area contributed by atoms with Crippen molar-refractivity contribution in [1.82, 2.24) is 19.9 Å². The van der Waals surface area contributed by atoms with Crippen LogP contribution in [0.15, 0.2) is 30.3 Å². The monoisotopic (exact) mass is 452 g/mol. The molecule has 160 valence electrons. The maximum Gasteiger partial charge on any atom is 0.445 e. The van der Waals surface area contributed by atoms with Crippen LogP contribution in [0.5, 0.6) is 0 Å². The number of hydrogen-bond acceptors (Lipinski definition) is 4. The van der Waals surface area contributed by atoms with Gasteiger partial charge < -0.3 is 5.32 Å². The van der Waals surface area contributed by atoms with Gasteiger partial charge >= 0.3 is 12.4 Å². The Hall–Kier alpha value is -2.96. The van der Waals surface area contributed by atoms with Gasteiger partial charge in [-0.25, -0.2) is 13.9 Å². The summed E-state index contributed by atoms with van der Waals surface area (Å²) < 4.78 is 91.5. The lowest BCUT2D eigenvalue weighted by molar-refractivity contribution is -0.156. The third-order valence-corrected chi connectivity index (χ3v) is 4.81. The molecule has 2 aromatic heterocycles. The number of benzene rings is 1.